The standard InChI is InChI=1S/C22H34N2O2/c1-4-17(2)23-13-9-21(10-14-23)26-22-11-15-24(16-12-22)20-7-5-19(6-8-20)18(3)25/h5-8,17,21-22H,4,9-16H2,1-3H3/t17-/m0/s1. The van der Waals surface area contributed by atoms with Crippen LogP contribution in [0, 0.1) is 0 Å². The van der Waals surface area contributed by atoms with Gasteiger partial charge in [0.15, 0.2) is 5.78 Å². The van der Waals surface area contributed by atoms with Crippen LogP contribution >= 0.6 is 0 Å². The van der Waals surface area contributed by atoms with Gasteiger partial charge in [-0.25, -0.2) is 0 Å². The Bertz CT molecular complexity index is 570. The zero-order valence-electron chi connectivity index (χ0n) is 16.6. The summed E-state index contributed by atoms with van der Waals surface area (Å²) in [6.07, 6.45) is 6.63. The van der Waals surface area contributed by atoms with Gasteiger partial charge in [0.25, 0.3) is 0 Å². The highest BCUT2D eigenvalue weighted by molar-refractivity contribution is 5.94. The van der Waals surface area contributed by atoms with Gasteiger partial charge in [-0.3, -0.25) is 4.79 Å². The first-order valence-electron chi connectivity index (χ1n) is 10.3. The smallest absolute Gasteiger partial charge is 0.159 e. The maximum atomic E-state index is 11.4. The Morgan fingerprint density at radius 1 is 1.04 bits per heavy atom. The molecule has 0 radical (unpaired) electrons. The summed E-state index contributed by atoms with van der Waals surface area (Å²) < 4.78 is 6.43. The Balaban J connectivity index is 1.42. The van der Waals surface area contributed by atoms with Crippen molar-refractivity contribution in [3.05, 3.63) is 29.8 Å². The number of carbonyl (C=O) groups excluding carboxylic acids is 1. The van der Waals surface area contributed by atoms with Crippen LogP contribution in [0.15, 0.2) is 24.3 Å². The fraction of sp³-hybridized carbons (Fsp3) is 0.682. The number of piperidine rings is 2. The summed E-state index contributed by atoms with van der Waals surface area (Å²) in [7, 11) is 0. The lowest BCUT2D eigenvalue weighted by atomic mass is 10.0. The van der Waals surface area contributed by atoms with E-state index in [1.54, 1.807) is 6.92 Å². The Morgan fingerprint density at radius 3 is 2.08 bits per heavy atom. The molecule has 0 saturated carbocycles. The van der Waals surface area contributed by atoms with Crippen LogP contribution in [-0.4, -0.2) is 55.1 Å². The molecule has 0 N–H and O–H groups in total. The quantitative estimate of drug-likeness (QED) is 0.716. The van der Waals surface area contributed by atoms with E-state index in [0.29, 0.717) is 18.2 Å². The number of Topliss-reactive ketones (excluding diaryl/α,β-unsaturated/α-hetero) is 1. The van der Waals surface area contributed by atoms with Gasteiger partial charge in [0, 0.05) is 43.5 Å². The van der Waals surface area contributed by atoms with Gasteiger partial charge in [-0.05, 0) is 70.2 Å². The van der Waals surface area contributed by atoms with Crippen LogP contribution in [0.1, 0.15) is 63.2 Å². The highest BCUT2D eigenvalue weighted by atomic mass is 16.5. The summed E-state index contributed by atoms with van der Waals surface area (Å²) in [6, 6.07) is 8.72. The van der Waals surface area contributed by atoms with Crippen LogP contribution in [0.5, 0.6) is 0 Å². The van der Waals surface area contributed by atoms with Crippen LogP contribution < -0.4 is 4.90 Å². The van der Waals surface area contributed by atoms with Crippen LogP contribution in [0.2, 0.25) is 0 Å². The SMILES string of the molecule is CC[C@H](C)N1CCC(OC2CCN(c3ccc(C(C)=O)cc3)CC2)CC1. The summed E-state index contributed by atoms with van der Waals surface area (Å²) in [4.78, 5) is 16.4. The number of ether oxygens (including phenoxy) is 1. The molecule has 26 heavy (non-hydrogen) atoms. The number of ketones is 1. The van der Waals surface area contributed by atoms with Crippen molar-refractivity contribution < 1.29 is 9.53 Å². The van der Waals surface area contributed by atoms with Crippen molar-refractivity contribution in [2.24, 2.45) is 0 Å². The van der Waals surface area contributed by atoms with Gasteiger partial charge in [0.2, 0.25) is 0 Å². The molecule has 2 heterocycles. The molecule has 0 bridgehead atoms. The first kappa shape index (κ1) is 19.4. The number of hydrogen-bond acceptors (Lipinski definition) is 4. The van der Waals surface area contributed by atoms with Crippen LogP contribution in [0.3, 0.4) is 0 Å². The summed E-state index contributed by atoms with van der Waals surface area (Å²) in [5.41, 5.74) is 2.01. The summed E-state index contributed by atoms with van der Waals surface area (Å²) in [5, 5.41) is 0. The van der Waals surface area contributed by atoms with Gasteiger partial charge in [-0.15, -0.1) is 0 Å². The van der Waals surface area contributed by atoms with Gasteiger partial charge in [0.1, 0.15) is 0 Å². The molecule has 0 aromatic heterocycles. The fourth-order valence-electron chi connectivity index (χ4n) is 4.14. The van der Waals surface area contributed by atoms with E-state index in [9.17, 15) is 4.79 Å². The predicted molar refractivity (Wildman–Crippen MR) is 107 cm³/mol. The molecule has 144 valence electrons. The molecule has 1 aromatic carbocycles. The molecule has 2 fully saturated rings. The number of likely N-dealkylation sites (tertiary alicyclic amines) is 1. The normalized spacial score (nSPS) is 21.7. The number of benzene rings is 1. The van der Waals surface area contributed by atoms with Crippen LogP contribution in [0.4, 0.5) is 5.69 Å². The molecule has 1 aromatic rings. The second-order valence-corrected chi connectivity index (χ2v) is 7.92. The average molecular weight is 359 g/mol. The predicted octanol–water partition coefficient (Wildman–Crippen LogP) is 4.14. The Kier molecular flexibility index (Phi) is 6.71. The minimum Gasteiger partial charge on any atom is -0.375 e. The van der Waals surface area contributed by atoms with Crippen molar-refractivity contribution >= 4 is 11.5 Å². The van der Waals surface area contributed by atoms with Crippen molar-refractivity contribution in [3.8, 4) is 0 Å². The Hall–Kier alpha value is -1.39. The summed E-state index contributed by atoms with van der Waals surface area (Å²) in [5.74, 6) is 0.128. The van der Waals surface area contributed by atoms with E-state index < -0.39 is 0 Å². The first-order chi connectivity index (χ1) is 12.6. The number of anilines is 1. The van der Waals surface area contributed by atoms with Gasteiger partial charge in [-0.2, -0.15) is 0 Å². The van der Waals surface area contributed by atoms with E-state index >= 15 is 0 Å². The third-order valence-corrected chi connectivity index (χ3v) is 6.16. The lowest BCUT2D eigenvalue weighted by Crippen LogP contribution is -2.44. The molecule has 0 unspecified atom stereocenters. The molecule has 4 heteroatoms. The molecule has 0 amide bonds. The highest BCUT2D eigenvalue weighted by Gasteiger charge is 2.27. The zero-order chi connectivity index (χ0) is 18.5. The van der Waals surface area contributed by atoms with Crippen molar-refractivity contribution in [1.29, 1.82) is 0 Å². The topological polar surface area (TPSA) is 32.8 Å². The monoisotopic (exact) mass is 358 g/mol. The Morgan fingerprint density at radius 2 is 1.58 bits per heavy atom. The highest BCUT2D eigenvalue weighted by Crippen LogP contribution is 2.25. The first-order valence-corrected chi connectivity index (χ1v) is 10.3. The van der Waals surface area contributed by atoms with E-state index in [1.165, 1.54) is 38.0 Å². The van der Waals surface area contributed by atoms with Crippen LogP contribution in [-0.2, 0) is 4.74 Å². The summed E-state index contributed by atoms with van der Waals surface area (Å²) >= 11 is 0. The molecule has 3 rings (SSSR count). The number of rotatable bonds is 6. The van der Waals surface area contributed by atoms with E-state index in [4.69, 9.17) is 4.74 Å². The molecule has 4 nitrogen and oxygen atoms in total. The maximum absolute atomic E-state index is 11.4. The largest absolute Gasteiger partial charge is 0.375 e. The lowest BCUT2D eigenvalue weighted by Gasteiger charge is -2.39. The lowest BCUT2D eigenvalue weighted by molar-refractivity contribution is -0.0549. The minimum absolute atomic E-state index is 0.128. The molecule has 2 aliphatic heterocycles. The van der Waals surface area contributed by atoms with Crippen molar-refractivity contribution in [2.75, 3.05) is 31.1 Å². The average Bonchev–Trinajstić information content (AvgIpc) is 2.68. The molecule has 1 atom stereocenters. The minimum atomic E-state index is 0.128. The fourth-order valence-corrected chi connectivity index (χ4v) is 4.14. The molecule has 2 aliphatic rings. The van der Waals surface area contributed by atoms with Gasteiger partial charge in [-0.1, -0.05) is 6.92 Å². The summed E-state index contributed by atoms with van der Waals surface area (Å²) in [6.45, 7) is 10.7. The maximum Gasteiger partial charge on any atom is 0.159 e. The zero-order valence-corrected chi connectivity index (χ0v) is 16.6. The van der Waals surface area contributed by atoms with Gasteiger partial charge in [0.05, 0.1) is 12.2 Å². The third-order valence-electron chi connectivity index (χ3n) is 6.16. The van der Waals surface area contributed by atoms with Crippen molar-refractivity contribution in [3.63, 3.8) is 0 Å². The van der Waals surface area contributed by atoms with E-state index in [1.807, 2.05) is 12.1 Å². The van der Waals surface area contributed by atoms with Gasteiger partial charge >= 0.3 is 0 Å². The van der Waals surface area contributed by atoms with Crippen molar-refractivity contribution in [1.82, 2.24) is 4.90 Å². The molecule has 0 spiro atoms. The number of hydrogen-bond donors (Lipinski definition) is 0. The number of nitrogens with zero attached hydrogens (tertiary/aromatic N) is 2. The molecule has 0 aliphatic carbocycles. The second kappa shape index (κ2) is 9.01. The van der Waals surface area contributed by atoms with Gasteiger partial charge < -0.3 is 14.5 Å². The van der Waals surface area contributed by atoms with Crippen LogP contribution in [0.25, 0.3) is 0 Å². The Labute approximate surface area is 158 Å². The molecule has 2 saturated heterocycles. The second-order valence-electron chi connectivity index (χ2n) is 7.92. The molecular formula is C22H34N2O2. The van der Waals surface area contributed by atoms with E-state index in [2.05, 4.69) is 35.8 Å². The third kappa shape index (κ3) is 4.86. The van der Waals surface area contributed by atoms with E-state index in [-0.39, 0.29) is 5.78 Å². The van der Waals surface area contributed by atoms with Crippen molar-refractivity contribution in [2.45, 2.75) is 71.1 Å². The van der Waals surface area contributed by atoms with E-state index in [0.717, 1.165) is 31.5 Å². The molecular weight excluding hydrogens is 324 g/mol. The number of carbonyl (C=O) groups is 1.